The predicted octanol–water partition coefficient (Wildman–Crippen LogP) is 5.07. The Balaban J connectivity index is 1.49. The molecular weight excluding hydrogens is 454 g/mol. The van der Waals surface area contributed by atoms with Gasteiger partial charge < -0.3 is 14.8 Å². The lowest BCUT2D eigenvalue weighted by molar-refractivity contribution is 0.102. The second kappa shape index (κ2) is 10.4. The van der Waals surface area contributed by atoms with E-state index in [9.17, 15) is 4.79 Å². The van der Waals surface area contributed by atoms with Gasteiger partial charge in [0.2, 0.25) is 0 Å². The summed E-state index contributed by atoms with van der Waals surface area (Å²) >= 11 is 0. The average Bonchev–Trinajstić information content (AvgIpc) is 3.35. The lowest BCUT2D eigenvalue weighted by atomic mass is 10.1. The molecular formula is C28H25N5O3. The molecule has 5 rings (SSSR count). The van der Waals surface area contributed by atoms with E-state index in [1.54, 1.807) is 48.3 Å². The number of aryl methyl sites for hydroxylation is 1. The number of pyridine rings is 2. The van der Waals surface area contributed by atoms with Crippen molar-refractivity contribution in [2.24, 2.45) is 0 Å². The number of amides is 1. The Morgan fingerprint density at radius 2 is 1.81 bits per heavy atom. The highest BCUT2D eigenvalue weighted by Crippen LogP contribution is 2.30. The van der Waals surface area contributed by atoms with Gasteiger partial charge in [0.25, 0.3) is 5.91 Å². The molecule has 0 atom stereocenters. The smallest absolute Gasteiger partial charge is 0.276 e. The molecule has 8 heteroatoms. The topological polar surface area (TPSA) is 91.2 Å². The Kier molecular flexibility index (Phi) is 6.68. The van der Waals surface area contributed by atoms with Gasteiger partial charge in [-0.05, 0) is 61.5 Å². The monoisotopic (exact) mass is 479 g/mol. The number of carbonyl (C=O) groups is 1. The van der Waals surface area contributed by atoms with Gasteiger partial charge in [0.15, 0.2) is 11.5 Å². The largest absolute Gasteiger partial charge is 0.491 e. The molecule has 2 aromatic carbocycles. The number of methoxy groups -OCH3 is 1. The molecule has 5 aromatic rings. The van der Waals surface area contributed by atoms with Crippen LogP contribution in [0.2, 0.25) is 0 Å². The van der Waals surface area contributed by atoms with Gasteiger partial charge in [0.05, 0.1) is 17.8 Å². The minimum atomic E-state index is -0.325. The quantitative estimate of drug-likeness (QED) is 0.313. The molecule has 180 valence electrons. The van der Waals surface area contributed by atoms with Crippen LogP contribution in [0.1, 0.15) is 16.2 Å². The number of hydrogen-bond acceptors (Lipinski definition) is 6. The van der Waals surface area contributed by atoms with Crippen LogP contribution in [-0.2, 0) is 4.74 Å². The Bertz CT molecular complexity index is 1510. The number of rotatable bonds is 8. The maximum Gasteiger partial charge on any atom is 0.276 e. The number of anilines is 1. The van der Waals surface area contributed by atoms with Crippen LogP contribution >= 0.6 is 0 Å². The Hall–Kier alpha value is -4.56. The van der Waals surface area contributed by atoms with E-state index < -0.39 is 0 Å². The third-order valence-electron chi connectivity index (χ3n) is 5.63. The van der Waals surface area contributed by atoms with Crippen LogP contribution in [0.5, 0.6) is 5.75 Å². The maximum atomic E-state index is 13.2. The van der Waals surface area contributed by atoms with Crippen molar-refractivity contribution in [1.82, 2.24) is 19.7 Å². The van der Waals surface area contributed by atoms with Crippen molar-refractivity contribution in [3.05, 3.63) is 96.4 Å². The van der Waals surface area contributed by atoms with Crippen LogP contribution in [-0.4, -0.2) is 46.0 Å². The Morgan fingerprint density at radius 3 is 2.61 bits per heavy atom. The second-order valence-electron chi connectivity index (χ2n) is 8.16. The van der Waals surface area contributed by atoms with Crippen molar-refractivity contribution in [2.75, 3.05) is 25.6 Å². The number of nitrogens with zero attached hydrogens (tertiary/aromatic N) is 4. The molecule has 0 spiro atoms. The molecule has 1 amide bonds. The zero-order valence-corrected chi connectivity index (χ0v) is 20.0. The third-order valence-corrected chi connectivity index (χ3v) is 5.63. The number of fused-ring (bicyclic) bond motifs is 1. The van der Waals surface area contributed by atoms with E-state index in [4.69, 9.17) is 9.47 Å². The minimum Gasteiger partial charge on any atom is -0.491 e. The van der Waals surface area contributed by atoms with Crippen LogP contribution in [0, 0.1) is 6.92 Å². The highest BCUT2D eigenvalue weighted by molar-refractivity contribution is 6.04. The summed E-state index contributed by atoms with van der Waals surface area (Å²) in [6.07, 6.45) is 1.76. The first kappa shape index (κ1) is 23.2. The molecule has 3 heterocycles. The average molecular weight is 480 g/mol. The highest BCUT2D eigenvalue weighted by atomic mass is 16.5. The SMILES string of the molecule is COCCOc1ccc(NC(=O)c2cc(-c3ccnc4ccccc34)n(-c3cccc(C)n3)n2)cc1. The van der Waals surface area contributed by atoms with Gasteiger partial charge in [0, 0.05) is 35.6 Å². The zero-order valence-electron chi connectivity index (χ0n) is 20.0. The number of hydrogen-bond donors (Lipinski definition) is 1. The van der Waals surface area contributed by atoms with E-state index in [1.165, 1.54) is 0 Å². The molecule has 0 saturated heterocycles. The molecule has 36 heavy (non-hydrogen) atoms. The maximum absolute atomic E-state index is 13.2. The molecule has 0 bridgehead atoms. The number of nitrogens with one attached hydrogen (secondary N) is 1. The highest BCUT2D eigenvalue weighted by Gasteiger charge is 2.19. The summed E-state index contributed by atoms with van der Waals surface area (Å²) in [5.74, 6) is 1.00. The summed E-state index contributed by atoms with van der Waals surface area (Å²) in [5.41, 5.74) is 4.28. The normalized spacial score (nSPS) is 10.9. The molecule has 0 radical (unpaired) electrons. The first-order valence-electron chi connectivity index (χ1n) is 11.5. The molecule has 8 nitrogen and oxygen atoms in total. The molecule has 0 aliphatic carbocycles. The molecule has 0 aliphatic rings. The van der Waals surface area contributed by atoms with Gasteiger partial charge in [-0.1, -0.05) is 24.3 Å². The number of aromatic nitrogens is 4. The molecule has 3 aromatic heterocycles. The van der Waals surface area contributed by atoms with Crippen molar-refractivity contribution in [1.29, 1.82) is 0 Å². The lowest BCUT2D eigenvalue weighted by Crippen LogP contribution is -2.13. The van der Waals surface area contributed by atoms with Crippen molar-refractivity contribution in [2.45, 2.75) is 6.92 Å². The van der Waals surface area contributed by atoms with Crippen molar-refractivity contribution in [3.63, 3.8) is 0 Å². The molecule has 1 N–H and O–H groups in total. The van der Waals surface area contributed by atoms with Gasteiger partial charge in [-0.3, -0.25) is 9.78 Å². The summed E-state index contributed by atoms with van der Waals surface area (Å²) in [4.78, 5) is 22.3. The van der Waals surface area contributed by atoms with Crippen molar-refractivity contribution < 1.29 is 14.3 Å². The fourth-order valence-electron chi connectivity index (χ4n) is 3.90. The summed E-state index contributed by atoms with van der Waals surface area (Å²) in [6, 6.07) is 24.5. The summed E-state index contributed by atoms with van der Waals surface area (Å²) in [5, 5.41) is 8.53. The summed E-state index contributed by atoms with van der Waals surface area (Å²) in [6.45, 7) is 2.88. The first-order chi connectivity index (χ1) is 17.6. The Labute approximate surface area is 208 Å². The van der Waals surface area contributed by atoms with Gasteiger partial charge >= 0.3 is 0 Å². The minimum absolute atomic E-state index is 0.273. The van der Waals surface area contributed by atoms with Crippen molar-refractivity contribution >= 4 is 22.5 Å². The fourth-order valence-corrected chi connectivity index (χ4v) is 3.90. The van der Waals surface area contributed by atoms with E-state index >= 15 is 0 Å². The van der Waals surface area contributed by atoms with Crippen LogP contribution in [0.4, 0.5) is 5.69 Å². The van der Waals surface area contributed by atoms with E-state index in [2.05, 4.69) is 20.4 Å². The van der Waals surface area contributed by atoms with E-state index in [-0.39, 0.29) is 11.6 Å². The predicted molar refractivity (Wildman–Crippen MR) is 139 cm³/mol. The summed E-state index contributed by atoms with van der Waals surface area (Å²) in [7, 11) is 1.63. The molecule has 0 aliphatic heterocycles. The number of ether oxygens (including phenoxy) is 2. The fraction of sp³-hybridized carbons (Fsp3) is 0.143. The zero-order chi connectivity index (χ0) is 24.9. The second-order valence-corrected chi connectivity index (χ2v) is 8.16. The van der Waals surface area contributed by atoms with Gasteiger partial charge in [-0.25, -0.2) is 9.67 Å². The van der Waals surface area contributed by atoms with Crippen LogP contribution < -0.4 is 10.1 Å². The number of benzene rings is 2. The molecule has 0 fully saturated rings. The lowest BCUT2D eigenvalue weighted by Gasteiger charge is -2.09. The molecule has 0 unspecified atom stereocenters. The number of para-hydroxylation sites is 1. The van der Waals surface area contributed by atoms with Gasteiger partial charge in [0.1, 0.15) is 12.4 Å². The van der Waals surface area contributed by atoms with Gasteiger partial charge in [-0.15, -0.1) is 0 Å². The van der Waals surface area contributed by atoms with Gasteiger partial charge in [-0.2, -0.15) is 5.10 Å². The number of carbonyl (C=O) groups excluding carboxylic acids is 1. The summed E-state index contributed by atoms with van der Waals surface area (Å²) < 4.78 is 12.3. The van der Waals surface area contributed by atoms with E-state index in [0.29, 0.717) is 30.5 Å². The van der Waals surface area contributed by atoms with Crippen LogP contribution in [0.25, 0.3) is 28.0 Å². The first-order valence-corrected chi connectivity index (χ1v) is 11.5. The Morgan fingerprint density at radius 1 is 0.972 bits per heavy atom. The van der Waals surface area contributed by atoms with Crippen LogP contribution in [0.15, 0.2) is 85.1 Å². The van der Waals surface area contributed by atoms with Crippen LogP contribution in [0.3, 0.4) is 0 Å². The van der Waals surface area contributed by atoms with E-state index in [1.807, 2.05) is 55.5 Å². The third kappa shape index (κ3) is 4.94. The van der Waals surface area contributed by atoms with Crippen molar-refractivity contribution in [3.8, 4) is 22.8 Å². The standard InChI is InChI=1S/C28H25N5O3/c1-19-6-5-9-27(30-19)33-26(23-14-15-29-24-8-4-3-7-22(23)24)18-25(32-33)28(34)31-20-10-12-21(13-11-20)36-17-16-35-2/h3-15,18H,16-17H2,1-2H3,(H,31,34). The molecule has 0 saturated carbocycles. The van der Waals surface area contributed by atoms with E-state index in [0.717, 1.165) is 27.9 Å².